The summed E-state index contributed by atoms with van der Waals surface area (Å²) in [5, 5.41) is 0. The minimum atomic E-state index is -0.421. The molecule has 1 nitrogen and oxygen atoms in total. The van der Waals surface area contributed by atoms with Crippen LogP contribution in [0.1, 0.15) is 19.4 Å². The first-order chi connectivity index (χ1) is 4.79. The fourth-order valence-corrected chi connectivity index (χ4v) is 0.450. The van der Waals surface area contributed by atoms with Crippen LogP contribution in [0.5, 0.6) is 0 Å². The first-order valence-electron chi connectivity index (χ1n) is 3.37. The summed E-state index contributed by atoms with van der Waals surface area (Å²) in [4.78, 5) is 3.41. The topological polar surface area (TPSA) is 12.9 Å². The van der Waals surface area contributed by atoms with Gasteiger partial charge in [-0.3, -0.25) is 0 Å². The van der Waals surface area contributed by atoms with Crippen molar-refractivity contribution < 1.29 is 4.39 Å². The van der Waals surface area contributed by atoms with Gasteiger partial charge in [-0.15, -0.1) is 0 Å². The smallest absolute Gasteiger partial charge is 0.212 e. The summed E-state index contributed by atoms with van der Waals surface area (Å²) >= 11 is 0. The molecule has 0 aliphatic rings. The second-order valence-electron chi connectivity index (χ2n) is 1.66. The summed E-state index contributed by atoms with van der Waals surface area (Å²) in [7, 11) is 0. The standard InChI is InChI=1S/C6H6FN.C2H6/c1-5-2-3-6(7)8-4-5;1-2/h2-4H,1H3;1-2H3. The molecular formula is C8H12FN. The molecule has 1 aromatic heterocycles. The molecule has 0 fully saturated rings. The third kappa shape index (κ3) is 3.17. The molecule has 0 aliphatic heterocycles. The lowest BCUT2D eigenvalue weighted by atomic mass is 10.3. The van der Waals surface area contributed by atoms with Crippen LogP contribution in [-0.4, -0.2) is 4.98 Å². The molecule has 0 saturated heterocycles. The second-order valence-corrected chi connectivity index (χ2v) is 1.66. The van der Waals surface area contributed by atoms with Crippen LogP contribution in [0.15, 0.2) is 18.3 Å². The van der Waals surface area contributed by atoms with Crippen LogP contribution in [0.2, 0.25) is 0 Å². The van der Waals surface area contributed by atoms with Gasteiger partial charge in [-0.25, -0.2) is 4.98 Å². The SMILES string of the molecule is CC.Cc1ccc(F)nc1. The van der Waals surface area contributed by atoms with Gasteiger partial charge >= 0.3 is 0 Å². The lowest BCUT2D eigenvalue weighted by Crippen LogP contribution is -1.79. The molecule has 0 amide bonds. The molecule has 2 heteroatoms. The van der Waals surface area contributed by atoms with Gasteiger partial charge in [0.1, 0.15) is 0 Å². The predicted octanol–water partition coefficient (Wildman–Crippen LogP) is 2.56. The van der Waals surface area contributed by atoms with E-state index >= 15 is 0 Å². The van der Waals surface area contributed by atoms with Crippen LogP contribution in [0.3, 0.4) is 0 Å². The van der Waals surface area contributed by atoms with Crippen molar-refractivity contribution in [3.8, 4) is 0 Å². The molecule has 56 valence electrons. The maximum absolute atomic E-state index is 12.0. The molecule has 0 unspecified atom stereocenters. The van der Waals surface area contributed by atoms with E-state index in [0.717, 1.165) is 5.56 Å². The third-order valence-corrected chi connectivity index (χ3v) is 0.875. The lowest BCUT2D eigenvalue weighted by Gasteiger charge is -1.86. The Labute approximate surface area is 60.9 Å². The summed E-state index contributed by atoms with van der Waals surface area (Å²) in [6.07, 6.45) is 1.50. The number of halogens is 1. The highest BCUT2D eigenvalue weighted by Crippen LogP contribution is 1.94. The van der Waals surface area contributed by atoms with E-state index in [1.165, 1.54) is 12.3 Å². The molecule has 1 heterocycles. The highest BCUT2D eigenvalue weighted by molar-refractivity contribution is 5.05. The van der Waals surface area contributed by atoms with E-state index in [2.05, 4.69) is 4.98 Å². The fraction of sp³-hybridized carbons (Fsp3) is 0.375. The Bertz CT molecular complexity index is 148. The predicted molar refractivity (Wildman–Crippen MR) is 40.3 cm³/mol. The molecule has 0 aromatic carbocycles. The van der Waals surface area contributed by atoms with Gasteiger partial charge in [0.2, 0.25) is 5.95 Å². The van der Waals surface area contributed by atoms with Crippen LogP contribution >= 0.6 is 0 Å². The average Bonchev–Trinajstić information content (AvgIpc) is 2.00. The van der Waals surface area contributed by atoms with Crippen molar-refractivity contribution in [3.63, 3.8) is 0 Å². The zero-order valence-electron chi connectivity index (χ0n) is 6.56. The van der Waals surface area contributed by atoms with E-state index in [1.54, 1.807) is 6.07 Å². The van der Waals surface area contributed by atoms with Crippen molar-refractivity contribution in [1.82, 2.24) is 4.98 Å². The normalized spacial score (nSPS) is 8.00. The minimum absolute atomic E-state index is 0.421. The van der Waals surface area contributed by atoms with Crippen molar-refractivity contribution in [1.29, 1.82) is 0 Å². The summed E-state index contributed by atoms with van der Waals surface area (Å²) in [5.41, 5.74) is 0.978. The van der Waals surface area contributed by atoms with Crippen LogP contribution in [0.25, 0.3) is 0 Å². The molecule has 0 bridgehead atoms. The second kappa shape index (κ2) is 4.91. The van der Waals surface area contributed by atoms with E-state index in [-0.39, 0.29) is 0 Å². The molecule has 1 rings (SSSR count). The number of aryl methyl sites for hydroxylation is 1. The minimum Gasteiger partial charge on any atom is -0.228 e. The summed E-state index contributed by atoms with van der Waals surface area (Å²) < 4.78 is 12.0. The van der Waals surface area contributed by atoms with Crippen molar-refractivity contribution in [3.05, 3.63) is 29.8 Å². The Morgan fingerprint density at radius 1 is 1.30 bits per heavy atom. The van der Waals surface area contributed by atoms with Crippen LogP contribution in [-0.2, 0) is 0 Å². The zero-order valence-corrected chi connectivity index (χ0v) is 6.56. The molecule has 0 saturated carbocycles. The van der Waals surface area contributed by atoms with Gasteiger partial charge in [0, 0.05) is 6.20 Å². The number of hydrogen-bond acceptors (Lipinski definition) is 1. The molecular weight excluding hydrogens is 129 g/mol. The number of hydrogen-bond donors (Lipinski definition) is 0. The highest BCUT2D eigenvalue weighted by atomic mass is 19.1. The van der Waals surface area contributed by atoms with E-state index in [4.69, 9.17) is 0 Å². The van der Waals surface area contributed by atoms with E-state index in [1.807, 2.05) is 20.8 Å². The molecule has 0 radical (unpaired) electrons. The van der Waals surface area contributed by atoms with Gasteiger partial charge in [-0.2, -0.15) is 4.39 Å². The van der Waals surface area contributed by atoms with Crippen molar-refractivity contribution in [2.45, 2.75) is 20.8 Å². The van der Waals surface area contributed by atoms with Crippen LogP contribution in [0, 0.1) is 12.9 Å². The summed E-state index contributed by atoms with van der Waals surface area (Å²) in [5.74, 6) is -0.421. The number of pyridine rings is 1. The fourth-order valence-electron chi connectivity index (χ4n) is 0.450. The molecule has 0 aliphatic carbocycles. The Balaban J connectivity index is 0.000000371. The van der Waals surface area contributed by atoms with E-state index in [9.17, 15) is 4.39 Å². The summed E-state index contributed by atoms with van der Waals surface area (Å²) in [6, 6.07) is 3.03. The van der Waals surface area contributed by atoms with Crippen molar-refractivity contribution >= 4 is 0 Å². The maximum atomic E-state index is 12.0. The summed E-state index contributed by atoms with van der Waals surface area (Å²) in [6.45, 7) is 5.87. The molecule has 1 aromatic rings. The number of nitrogens with zero attached hydrogens (tertiary/aromatic N) is 1. The zero-order chi connectivity index (χ0) is 7.98. The number of aromatic nitrogens is 1. The number of rotatable bonds is 0. The Kier molecular flexibility index (Phi) is 4.46. The van der Waals surface area contributed by atoms with Crippen molar-refractivity contribution in [2.75, 3.05) is 0 Å². The highest BCUT2D eigenvalue weighted by Gasteiger charge is 1.85. The van der Waals surface area contributed by atoms with Gasteiger partial charge in [0.25, 0.3) is 0 Å². The van der Waals surface area contributed by atoms with E-state index < -0.39 is 5.95 Å². The van der Waals surface area contributed by atoms with Gasteiger partial charge < -0.3 is 0 Å². The molecule has 0 N–H and O–H groups in total. The monoisotopic (exact) mass is 141 g/mol. The maximum Gasteiger partial charge on any atom is 0.212 e. The van der Waals surface area contributed by atoms with Gasteiger partial charge in [-0.05, 0) is 18.6 Å². The van der Waals surface area contributed by atoms with Gasteiger partial charge in [-0.1, -0.05) is 19.9 Å². The lowest BCUT2D eigenvalue weighted by molar-refractivity contribution is 0.583. The Morgan fingerprint density at radius 3 is 2.20 bits per heavy atom. The van der Waals surface area contributed by atoms with Crippen LogP contribution in [0.4, 0.5) is 4.39 Å². The Hall–Kier alpha value is -0.920. The largest absolute Gasteiger partial charge is 0.228 e. The van der Waals surface area contributed by atoms with E-state index in [0.29, 0.717) is 0 Å². The van der Waals surface area contributed by atoms with Gasteiger partial charge in [0.15, 0.2) is 0 Å². The average molecular weight is 141 g/mol. The first kappa shape index (κ1) is 9.08. The first-order valence-corrected chi connectivity index (χ1v) is 3.37. The Morgan fingerprint density at radius 2 is 1.90 bits per heavy atom. The molecule has 0 spiro atoms. The molecule has 0 atom stereocenters. The third-order valence-electron chi connectivity index (χ3n) is 0.875. The molecule has 10 heavy (non-hydrogen) atoms. The van der Waals surface area contributed by atoms with Crippen LogP contribution < -0.4 is 0 Å². The van der Waals surface area contributed by atoms with Gasteiger partial charge in [0.05, 0.1) is 0 Å². The quantitative estimate of drug-likeness (QED) is 0.506. The van der Waals surface area contributed by atoms with Crippen molar-refractivity contribution in [2.24, 2.45) is 0 Å².